The molecule has 0 radical (unpaired) electrons. The van der Waals surface area contributed by atoms with Gasteiger partial charge in [0.15, 0.2) is 5.11 Å². The van der Waals surface area contributed by atoms with Crippen molar-refractivity contribution in [1.82, 2.24) is 14.9 Å². The van der Waals surface area contributed by atoms with Crippen LogP contribution in [0.1, 0.15) is 34.7 Å². The maximum Gasteiger partial charge on any atom is 0.174 e. The van der Waals surface area contributed by atoms with Crippen LogP contribution in [0, 0.1) is 13.8 Å². The van der Waals surface area contributed by atoms with Crippen LogP contribution in [-0.2, 0) is 4.74 Å². The summed E-state index contributed by atoms with van der Waals surface area (Å²) in [6.45, 7) is 7.64. The Balaban J connectivity index is 1.43. The van der Waals surface area contributed by atoms with E-state index in [1.54, 1.807) is 0 Å². The van der Waals surface area contributed by atoms with E-state index in [0.717, 1.165) is 54.8 Å². The lowest BCUT2D eigenvalue weighted by molar-refractivity contribution is 0.122. The molecule has 2 fully saturated rings. The van der Waals surface area contributed by atoms with Crippen LogP contribution in [0.2, 0.25) is 5.02 Å². The van der Waals surface area contributed by atoms with Gasteiger partial charge in [-0.2, -0.15) is 0 Å². The number of halogens is 1. The number of nitrogens with zero attached hydrogens (tertiary/aromatic N) is 4. The Hall–Kier alpha value is -3.39. The topological polar surface area (TPSA) is 45.6 Å². The lowest BCUT2D eigenvalue weighted by Gasteiger charge is -2.31. The van der Waals surface area contributed by atoms with Crippen LogP contribution in [0.15, 0.2) is 79.0 Å². The fourth-order valence-electron chi connectivity index (χ4n) is 5.69. The van der Waals surface area contributed by atoms with E-state index in [2.05, 4.69) is 76.0 Å². The highest BCUT2D eigenvalue weighted by molar-refractivity contribution is 7.80. The van der Waals surface area contributed by atoms with Crippen molar-refractivity contribution in [3.63, 3.8) is 0 Å². The van der Waals surface area contributed by atoms with E-state index in [1.165, 1.54) is 11.3 Å². The van der Waals surface area contributed by atoms with Crippen LogP contribution >= 0.6 is 23.8 Å². The van der Waals surface area contributed by atoms with Gasteiger partial charge in [0.1, 0.15) is 0 Å². The van der Waals surface area contributed by atoms with Gasteiger partial charge in [0, 0.05) is 52.8 Å². The summed E-state index contributed by atoms with van der Waals surface area (Å²) in [5, 5.41) is 5.00. The molecule has 4 heterocycles. The average molecular weight is 544 g/mol. The van der Waals surface area contributed by atoms with Crippen LogP contribution in [0.25, 0.3) is 5.69 Å². The summed E-state index contributed by atoms with van der Waals surface area (Å²) in [7, 11) is 0. The molecular formula is C30H30ClN5OS. The molecule has 0 aliphatic carbocycles. The zero-order chi connectivity index (χ0) is 26.2. The minimum absolute atomic E-state index is 0.0780. The molecule has 4 aromatic rings. The molecule has 6 nitrogen and oxygen atoms in total. The third-order valence-corrected chi connectivity index (χ3v) is 8.01. The number of hydrogen-bond donors (Lipinski definition) is 1. The Labute approximate surface area is 233 Å². The summed E-state index contributed by atoms with van der Waals surface area (Å²) in [4.78, 5) is 9.31. The smallest absolute Gasteiger partial charge is 0.174 e. The Bertz CT molecular complexity index is 1450. The van der Waals surface area contributed by atoms with Gasteiger partial charge in [-0.1, -0.05) is 23.7 Å². The maximum absolute atomic E-state index is 6.36. The largest absolute Gasteiger partial charge is 0.378 e. The highest BCUT2D eigenvalue weighted by Gasteiger charge is 2.42. The standard InChI is InChI=1S/C30H30ClN5OS/c1-20-18-26(21(2)35(20)25-7-5-6-22(31)19-25)29-28(27-8-3-4-13-32-27)33-30(38)36(29)24-11-9-23(10-12-24)34-14-16-37-17-15-34/h3-13,18-19,28-29H,14-17H2,1-2H3,(H,33,38)/t28-,29+/m0/s1. The second-order valence-electron chi connectivity index (χ2n) is 9.75. The van der Waals surface area contributed by atoms with E-state index in [0.29, 0.717) is 10.1 Å². The van der Waals surface area contributed by atoms with E-state index in [4.69, 9.17) is 33.5 Å². The SMILES string of the molecule is Cc1cc([C@@H]2[C@H](c3ccccn3)NC(=S)N2c2ccc(N3CCOCC3)cc2)c(C)n1-c1cccc(Cl)c1. The van der Waals surface area contributed by atoms with Gasteiger partial charge in [0.05, 0.1) is 31.0 Å². The number of pyridine rings is 1. The molecule has 1 N–H and O–H groups in total. The molecule has 8 heteroatoms. The van der Waals surface area contributed by atoms with Crippen molar-refractivity contribution in [2.45, 2.75) is 25.9 Å². The second-order valence-corrected chi connectivity index (χ2v) is 10.6. The monoisotopic (exact) mass is 543 g/mol. The Morgan fingerprint density at radius 3 is 2.39 bits per heavy atom. The van der Waals surface area contributed by atoms with Gasteiger partial charge in [-0.15, -0.1) is 0 Å². The van der Waals surface area contributed by atoms with E-state index in [-0.39, 0.29) is 12.1 Å². The van der Waals surface area contributed by atoms with Crippen LogP contribution in [-0.4, -0.2) is 41.0 Å². The van der Waals surface area contributed by atoms with E-state index >= 15 is 0 Å². The highest BCUT2D eigenvalue weighted by atomic mass is 35.5. The molecule has 2 aliphatic rings. The molecule has 0 amide bonds. The summed E-state index contributed by atoms with van der Waals surface area (Å²) < 4.78 is 7.79. The molecule has 2 aromatic carbocycles. The highest BCUT2D eigenvalue weighted by Crippen LogP contribution is 2.44. The van der Waals surface area contributed by atoms with E-state index < -0.39 is 0 Å². The van der Waals surface area contributed by atoms with Crippen LogP contribution in [0.4, 0.5) is 11.4 Å². The van der Waals surface area contributed by atoms with Gasteiger partial charge in [-0.25, -0.2) is 0 Å². The number of hydrogen-bond acceptors (Lipinski definition) is 4. The molecule has 6 rings (SSSR count). The fraction of sp³-hybridized carbons (Fsp3) is 0.267. The first kappa shape index (κ1) is 24.9. The van der Waals surface area contributed by atoms with Crippen molar-refractivity contribution in [2.75, 3.05) is 36.1 Å². The number of ether oxygens (including phenoxy) is 1. The van der Waals surface area contributed by atoms with Crippen molar-refractivity contribution in [2.24, 2.45) is 0 Å². The minimum Gasteiger partial charge on any atom is -0.378 e. The average Bonchev–Trinajstić information content (AvgIpc) is 3.44. The van der Waals surface area contributed by atoms with Crippen LogP contribution < -0.4 is 15.1 Å². The second kappa shape index (κ2) is 10.4. The number of nitrogens with one attached hydrogen (secondary N) is 1. The normalized spacial score (nSPS) is 19.6. The van der Waals surface area contributed by atoms with E-state index in [1.807, 2.05) is 36.5 Å². The maximum atomic E-state index is 6.36. The first-order chi connectivity index (χ1) is 18.5. The van der Waals surface area contributed by atoms with Crippen molar-refractivity contribution < 1.29 is 4.74 Å². The first-order valence-corrected chi connectivity index (χ1v) is 13.7. The van der Waals surface area contributed by atoms with Gasteiger partial charge in [0.25, 0.3) is 0 Å². The van der Waals surface area contributed by atoms with Crippen molar-refractivity contribution >= 4 is 40.3 Å². The zero-order valence-corrected chi connectivity index (χ0v) is 23.0. The Morgan fingerprint density at radius 1 is 0.921 bits per heavy atom. The lowest BCUT2D eigenvalue weighted by Crippen LogP contribution is -2.36. The van der Waals surface area contributed by atoms with Gasteiger partial charge >= 0.3 is 0 Å². The zero-order valence-electron chi connectivity index (χ0n) is 21.5. The van der Waals surface area contributed by atoms with Gasteiger partial charge in [0.2, 0.25) is 0 Å². The molecular weight excluding hydrogens is 514 g/mol. The van der Waals surface area contributed by atoms with Crippen molar-refractivity contribution in [3.05, 3.63) is 107 Å². The Morgan fingerprint density at radius 2 is 1.68 bits per heavy atom. The number of anilines is 2. The minimum atomic E-state index is -0.101. The van der Waals surface area contributed by atoms with Gasteiger partial charge in [-0.3, -0.25) is 4.98 Å². The first-order valence-electron chi connectivity index (χ1n) is 12.9. The van der Waals surface area contributed by atoms with Crippen molar-refractivity contribution in [3.8, 4) is 5.69 Å². The quantitative estimate of drug-likeness (QED) is 0.304. The number of morpholine rings is 1. The molecule has 194 valence electrons. The summed E-state index contributed by atoms with van der Waals surface area (Å²) in [6.07, 6.45) is 1.84. The summed E-state index contributed by atoms with van der Waals surface area (Å²) in [6, 6.07) is 24.8. The molecule has 0 saturated carbocycles. The predicted molar refractivity (Wildman–Crippen MR) is 158 cm³/mol. The number of aromatic nitrogens is 2. The molecule has 38 heavy (non-hydrogen) atoms. The van der Waals surface area contributed by atoms with Gasteiger partial charge < -0.3 is 24.4 Å². The van der Waals surface area contributed by atoms with Gasteiger partial charge in [-0.05, 0) is 92.3 Å². The summed E-state index contributed by atoms with van der Waals surface area (Å²) >= 11 is 12.3. The van der Waals surface area contributed by atoms with Crippen molar-refractivity contribution in [1.29, 1.82) is 0 Å². The molecule has 0 spiro atoms. The molecule has 2 atom stereocenters. The lowest BCUT2D eigenvalue weighted by atomic mass is 9.96. The number of rotatable bonds is 5. The third-order valence-electron chi connectivity index (χ3n) is 7.46. The van der Waals surface area contributed by atoms with Crippen LogP contribution in [0.3, 0.4) is 0 Å². The summed E-state index contributed by atoms with van der Waals surface area (Å²) in [5.41, 5.74) is 7.74. The molecule has 2 aromatic heterocycles. The number of benzene rings is 2. The molecule has 0 bridgehead atoms. The summed E-state index contributed by atoms with van der Waals surface area (Å²) in [5.74, 6) is 0. The molecule has 2 saturated heterocycles. The van der Waals surface area contributed by atoms with E-state index in [9.17, 15) is 0 Å². The molecule has 2 aliphatic heterocycles. The predicted octanol–water partition coefficient (Wildman–Crippen LogP) is 6.16. The fourth-order valence-corrected chi connectivity index (χ4v) is 6.22. The Kier molecular flexibility index (Phi) is 6.82. The number of thiocarbonyl (C=S) groups is 1. The number of aryl methyl sites for hydroxylation is 1. The third kappa shape index (κ3) is 4.55. The van der Waals surface area contributed by atoms with Crippen LogP contribution in [0.5, 0.6) is 0 Å². The molecule has 0 unspecified atom stereocenters.